The molecule has 2 rings (SSSR count). The van der Waals surface area contributed by atoms with Gasteiger partial charge < -0.3 is 16.0 Å². The van der Waals surface area contributed by atoms with Crippen LogP contribution in [-0.2, 0) is 11.3 Å². The lowest BCUT2D eigenvalue weighted by atomic mass is 10.2. The van der Waals surface area contributed by atoms with Gasteiger partial charge in [0.05, 0.1) is 10.7 Å². The predicted molar refractivity (Wildman–Crippen MR) is 109 cm³/mol. The summed E-state index contributed by atoms with van der Waals surface area (Å²) in [5.41, 5.74) is 2.63. The third-order valence-corrected chi connectivity index (χ3v) is 4.35. The number of nitrogens with zero attached hydrogens (tertiary/aromatic N) is 1. The molecule has 0 radical (unpaired) electrons. The van der Waals surface area contributed by atoms with Crippen molar-refractivity contribution in [2.24, 2.45) is 4.99 Å². The lowest BCUT2D eigenvalue weighted by molar-refractivity contribution is -0.116. The molecule has 0 spiro atoms. The maximum Gasteiger partial charge on any atom is 0.226 e. The van der Waals surface area contributed by atoms with Gasteiger partial charge in [-0.3, -0.25) is 9.79 Å². The number of carbonyl (C=O) groups is 1. The topological polar surface area (TPSA) is 65.5 Å². The zero-order valence-electron chi connectivity index (χ0n) is 14.8. The van der Waals surface area contributed by atoms with Crippen LogP contribution in [0.15, 0.2) is 47.5 Å². The van der Waals surface area contributed by atoms with Gasteiger partial charge in [-0.1, -0.05) is 47.5 Å². The molecular formula is C19H22Cl2N4O. The van der Waals surface area contributed by atoms with Crippen molar-refractivity contribution in [1.29, 1.82) is 0 Å². The molecule has 0 aliphatic heterocycles. The van der Waals surface area contributed by atoms with Gasteiger partial charge in [0.2, 0.25) is 5.91 Å². The highest BCUT2D eigenvalue weighted by atomic mass is 35.5. The number of aliphatic imine (C=N–C) groups is 1. The molecule has 0 aliphatic rings. The molecule has 2 aromatic rings. The maximum atomic E-state index is 12.1. The first-order valence-electron chi connectivity index (χ1n) is 8.23. The Morgan fingerprint density at radius 1 is 1.08 bits per heavy atom. The van der Waals surface area contributed by atoms with Gasteiger partial charge >= 0.3 is 0 Å². The van der Waals surface area contributed by atoms with Crippen molar-refractivity contribution in [2.75, 3.05) is 18.9 Å². The maximum absolute atomic E-state index is 12.1. The SMILES string of the molecule is CN=C(NCCC(=O)Nc1ccc(C)cc1Cl)NCc1ccccc1Cl. The second kappa shape index (κ2) is 10.0. The van der Waals surface area contributed by atoms with Gasteiger partial charge in [0.25, 0.3) is 0 Å². The Morgan fingerprint density at radius 2 is 1.85 bits per heavy atom. The fourth-order valence-corrected chi connectivity index (χ4v) is 2.75. The summed E-state index contributed by atoms with van der Waals surface area (Å²) in [7, 11) is 1.67. The number of guanidine groups is 1. The van der Waals surface area contributed by atoms with Crippen LogP contribution in [0.1, 0.15) is 17.5 Å². The van der Waals surface area contributed by atoms with Gasteiger partial charge in [0.1, 0.15) is 0 Å². The van der Waals surface area contributed by atoms with E-state index < -0.39 is 0 Å². The van der Waals surface area contributed by atoms with Crippen LogP contribution in [0.4, 0.5) is 5.69 Å². The smallest absolute Gasteiger partial charge is 0.226 e. The van der Waals surface area contributed by atoms with Crippen molar-refractivity contribution in [3.8, 4) is 0 Å². The summed E-state index contributed by atoms with van der Waals surface area (Å²) in [6.45, 7) is 2.94. The van der Waals surface area contributed by atoms with Crippen molar-refractivity contribution >= 4 is 40.8 Å². The number of hydrogen-bond donors (Lipinski definition) is 3. The molecule has 0 saturated heterocycles. The third-order valence-electron chi connectivity index (χ3n) is 3.67. The molecule has 0 bridgehead atoms. The van der Waals surface area contributed by atoms with E-state index in [1.165, 1.54) is 0 Å². The quantitative estimate of drug-likeness (QED) is 0.514. The number of rotatable bonds is 6. The molecule has 26 heavy (non-hydrogen) atoms. The van der Waals surface area contributed by atoms with Crippen LogP contribution in [0.3, 0.4) is 0 Å². The van der Waals surface area contributed by atoms with E-state index >= 15 is 0 Å². The fourth-order valence-electron chi connectivity index (χ4n) is 2.27. The minimum Gasteiger partial charge on any atom is -0.356 e. The van der Waals surface area contributed by atoms with Crippen LogP contribution in [-0.4, -0.2) is 25.5 Å². The first kappa shape index (κ1) is 20.1. The fraction of sp³-hybridized carbons (Fsp3) is 0.263. The summed E-state index contributed by atoms with van der Waals surface area (Å²) in [5, 5.41) is 10.3. The average Bonchev–Trinajstić information content (AvgIpc) is 2.61. The van der Waals surface area contributed by atoms with Crippen LogP contribution in [0.2, 0.25) is 10.0 Å². The zero-order chi connectivity index (χ0) is 18.9. The van der Waals surface area contributed by atoms with Gasteiger partial charge in [0, 0.05) is 31.6 Å². The molecule has 0 fully saturated rings. The van der Waals surface area contributed by atoms with Gasteiger partial charge in [-0.25, -0.2) is 0 Å². The van der Waals surface area contributed by atoms with Gasteiger partial charge in [-0.15, -0.1) is 0 Å². The largest absolute Gasteiger partial charge is 0.356 e. The minimum absolute atomic E-state index is 0.121. The molecule has 138 valence electrons. The van der Waals surface area contributed by atoms with E-state index in [1.54, 1.807) is 13.1 Å². The number of benzene rings is 2. The lowest BCUT2D eigenvalue weighted by Gasteiger charge is -2.13. The van der Waals surface area contributed by atoms with E-state index in [1.807, 2.05) is 43.3 Å². The van der Waals surface area contributed by atoms with Crippen molar-refractivity contribution in [3.05, 3.63) is 63.6 Å². The van der Waals surface area contributed by atoms with Gasteiger partial charge in [0.15, 0.2) is 5.96 Å². The number of hydrogen-bond acceptors (Lipinski definition) is 2. The molecule has 7 heteroatoms. The number of nitrogens with one attached hydrogen (secondary N) is 3. The minimum atomic E-state index is -0.121. The van der Waals surface area contributed by atoms with Crippen LogP contribution in [0, 0.1) is 6.92 Å². The highest BCUT2D eigenvalue weighted by Crippen LogP contribution is 2.22. The molecule has 5 nitrogen and oxygen atoms in total. The molecule has 0 saturated carbocycles. The molecule has 3 N–H and O–H groups in total. The number of aryl methyl sites for hydroxylation is 1. The monoisotopic (exact) mass is 392 g/mol. The second-order valence-corrected chi connectivity index (χ2v) is 6.54. The molecule has 2 aromatic carbocycles. The summed E-state index contributed by atoms with van der Waals surface area (Å²) < 4.78 is 0. The molecular weight excluding hydrogens is 371 g/mol. The normalized spacial score (nSPS) is 11.2. The number of carbonyl (C=O) groups excluding carboxylic acids is 1. The van der Waals surface area contributed by atoms with Crippen LogP contribution >= 0.6 is 23.2 Å². The summed E-state index contributed by atoms with van der Waals surface area (Å²) in [4.78, 5) is 16.2. The van der Waals surface area contributed by atoms with E-state index in [4.69, 9.17) is 23.2 Å². The van der Waals surface area contributed by atoms with Crippen LogP contribution < -0.4 is 16.0 Å². The molecule has 0 aromatic heterocycles. The first-order valence-corrected chi connectivity index (χ1v) is 8.99. The standard InChI is InChI=1S/C19H22Cl2N4O/c1-13-7-8-17(16(21)11-13)25-18(26)9-10-23-19(22-2)24-12-14-5-3-4-6-15(14)20/h3-8,11H,9-10,12H2,1-2H3,(H,25,26)(H2,22,23,24). The van der Waals surface area contributed by atoms with E-state index in [2.05, 4.69) is 20.9 Å². The third kappa shape index (κ3) is 6.24. The number of anilines is 1. The number of halogens is 2. The average molecular weight is 393 g/mol. The highest BCUT2D eigenvalue weighted by Gasteiger charge is 2.07. The van der Waals surface area contributed by atoms with Gasteiger partial charge in [-0.05, 0) is 36.2 Å². The second-order valence-electron chi connectivity index (χ2n) is 5.73. The van der Waals surface area contributed by atoms with E-state index in [0.717, 1.165) is 11.1 Å². The van der Waals surface area contributed by atoms with Crippen molar-refractivity contribution in [2.45, 2.75) is 19.9 Å². The van der Waals surface area contributed by atoms with E-state index in [9.17, 15) is 4.79 Å². The Morgan fingerprint density at radius 3 is 2.54 bits per heavy atom. The Hall–Kier alpha value is -2.24. The van der Waals surface area contributed by atoms with Crippen LogP contribution in [0.25, 0.3) is 0 Å². The van der Waals surface area contributed by atoms with Crippen molar-refractivity contribution < 1.29 is 4.79 Å². The summed E-state index contributed by atoms with van der Waals surface area (Å²) >= 11 is 12.3. The van der Waals surface area contributed by atoms with Crippen molar-refractivity contribution in [3.63, 3.8) is 0 Å². The number of amides is 1. The Labute approximate surface area is 163 Å². The Kier molecular flexibility index (Phi) is 7.75. The molecule has 1 amide bonds. The van der Waals surface area contributed by atoms with Gasteiger partial charge in [-0.2, -0.15) is 0 Å². The Bertz CT molecular complexity index is 793. The first-order chi connectivity index (χ1) is 12.5. The van der Waals surface area contributed by atoms with Crippen molar-refractivity contribution in [1.82, 2.24) is 10.6 Å². The van der Waals surface area contributed by atoms with Crippen LogP contribution in [0.5, 0.6) is 0 Å². The summed E-state index contributed by atoms with van der Waals surface area (Å²) in [5.74, 6) is 0.482. The van der Waals surface area contributed by atoms with E-state index in [-0.39, 0.29) is 12.3 Å². The predicted octanol–water partition coefficient (Wildman–Crippen LogP) is 4.00. The van der Waals surface area contributed by atoms with E-state index in [0.29, 0.717) is 34.8 Å². The molecule has 0 atom stereocenters. The lowest BCUT2D eigenvalue weighted by Crippen LogP contribution is -2.38. The molecule has 0 unspecified atom stereocenters. The Balaban J connectivity index is 1.76. The summed E-state index contributed by atoms with van der Waals surface area (Å²) in [6.07, 6.45) is 0.289. The highest BCUT2D eigenvalue weighted by molar-refractivity contribution is 6.33. The zero-order valence-corrected chi connectivity index (χ0v) is 16.3. The molecule has 0 heterocycles. The molecule has 0 aliphatic carbocycles. The summed E-state index contributed by atoms with van der Waals surface area (Å²) in [6, 6.07) is 13.1.